The van der Waals surface area contributed by atoms with Gasteiger partial charge in [-0.05, 0) is 39.0 Å². The molecule has 1 aliphatic rings. The molecule has 1 rings (SSSR count). The van der Waals surface area contributed by atoms with Gasteiger partial charge in [-0.15, -0.1) is 0 Å². The van der Waals surface area contributed by atoms with Crippen molar-refractivity contribution in [2.75, 3.05) is 0 Å². The summed E-state index contributed by atoms with van der Waals surface area (Å²) in [5.41, 5.74) is -0.489. The van der Waals surface area contributed by atoms with Crippen LogP contribution in [0, 0.1) is 5.41 Å². The van der Waals surface area contributed by atoms with Gasteiger partial charge in [0.1, 0.15) is 0 Å². The number of nitrogens with one attached hydrogen (secondary N) is 1. The summed E-state index contributed by atoms with van der Waals surface area (Å²) < 4.78 is 0. The molecule has 2 N–H and O–H groups in total. The molecule has 0 unspecified atom stereocenters. The molecule has 15 heavy (non-hydrogen) atoms. The zero-order chi connectivity index (χ0) is 11.7. The molecule has 0 aliphatic heterocycles. The van der Waals surface area contributed by atoms with Gasteiger partial charge in [0.2, 0.25) is 5.91 Å². The lowest BCUT2D eigenvalue weighted by Crippen LogP contribution is -2.41. The smallest absolute Gasteiger partial charge is 0.303 e. The van der Waals surface area contributed by atoms with Crippen molar-refractivity contribution in [3.8, 4) is 0 Å². The number of carbonyl (C=O) groups excluding carboxylic acids is 1. The molecule has 86 valence electrons. The van der Waals surface area contributed by atoms with E-state index >= 15 is 0 Å². The van der Waals surface area contributed by atoms with Crippen molar-refractivity contribution < 1.29 is 14.7 Å². The first kappa shape index (κ1) is 12.0. The molecule has 0 radical (unpaired) electrons. The molecule has 4 heteroatoms. The molecule has 0 aromatic carbocycles. The standard InChI is InChI=1S/C11H19NO3/c1-10(2,3)12-8(13)6-11(4-5-11)7-9(14)15/h4-7H2,1-3H3,(H,12,13)(H,14,15). The second-order valence-corrected chi connectivity index (χ2v) is 5.55. The molecular weight excluding hydrogens is 194 g/mol. The zero-order valence-corrected chi connectivity index (χ0v) is 9.59. The quantitative estimate of drug-likeness (QED) is 0.744. The first-order chi connectivity index (χ1) is 6.72. The van der Waals surface area contributed by atoms with Crippen LogP contribution in [-0.4, -0.2) is 22.5 Å². The van der Waals surface area contributed by atoms with E-state index in [4.69, 9.17) is 5.11 Å². The SMILES string of the molecule is CC(C)(C)NC(=O)CC1(CC(=O)O)CC1. The number of carboxylic acids is 1. The van der Waals surface area contributed by atoms with Crippen LogP contribution in [0.5, 0.6) is 0 Å². The molecule has 1 amide bonds. The molecule has 0 aromatic heterocycles. The normalized spacial score (nSPS) is 18.3. The lowest BCUT2D eigenvalue weighted by atomic mass is 9.97. The lowest BCUT2D eigenvalue weighted by molar-refractivity contribution is -0.138. The van der Waals surface area contributed by atoms with Gasteiger partial charge in [-0.3, -0.25) is 9.59 Å². The van der Waals surface area contributed by atoms with Crippen molar-refractivity contribution >= 4 is 11.9 Å². The number of carboxylic acid groups (broad SMARTS) is 1. The van der Waals surface area contributed by atoms with Crippen molar-refractivity contribution in [3.05, 3.63) is 0 Å². The van der Waals surface area contributed by atoms with E-state index < -0.39 is 5.97 Å². The van der Waals surface area contributed by atoms with Crippen LogP contribution < -0.4 is 5.32 Å². The van der Waals surface area contributed by atoms with Crippen LogP contribution in [0.1, 0.15) is 46.5 Å². The van der Waals surface area contributed by atoms with Gasteiger partial charge >= 0.3 is 5.97 Å². The second-order valence-electron chi connectivity index (χ2n) is 5.55. The van der Waals surface area contributed by atoms with Gasteiger partial charge in [-0.1, -0.05) is 0 Å². The first-order valence-corrected chi connectivity index (χ1v) is 5.25. The van der Waals surface area contributed by atoms with Crippen LogP contribution >= 0.6 is 0 Å². The van der Waals surface area contributed by atoms with E-state index in [-0.39, 0.29) is 23.3 Å². The molecule has 0 aromatic rings. The lowest BCUT2D eigenvalue weighted by Gasteiger charge is -2.22. The van der Waals surface area contributed by atoms with Crippen molar-refractivity contribution in [1.82, 2.24) is 5.32 Å². The Morgan fingerprint density at radius 2 is 1.80 bits per heavy atom. The van der Waals surface area contributed by atoms with Gasteiger partial charge in [0, 0.05) is 12.0 Å². The summed E-state index contributed by atoms with van der Waals surface area (Å²) >= 11 is 0. The number of rotatable bonds is 4. The van der Waals surface area contributed by atoms with E-state index in [1.54, 1.807) is 0 Å². The van der Waals surface area contributed by atoms with Crippen molar-refractivity contribution in [2.24, 2.45) is 5.41 Å². The Kier molecular flexibility index (Phi) is 3.07. The highest BCUT2D eigenvalue weighted by molar-refractivity contribution is 5.79. The summed E-state index contributed by atoms with van der Waals surface area (Å²) in [5.74, 6) is -0.850. The summed E-state index contributed by atoms with van der Waals surface area (Å²) in [5, 5.41) is 11.6. The van der Waals surface area contributed by atoms with Crippen LogP contribution in [-0.2, 0) is 9.59 Å². The van der Waals surface area contributed by atoms with Crippen LogP contribution in [0.25, 0.3) is 0 Å². The number of amides is 1. The maximum absolute atomic E-state index is 11.6. The average molecular weight is 213 g/mol. The molecule has 1 fully saturated rings. The zero-order valence-electron chi connectivity index (χ0n) is 9.59. The average Bonchev–Trinajstić information content (AvgIpc) is 2.61. The van der Waals surface area contributed by atoms with Crippen LogP contribution in [0.4, 0.5) is 0 Å². The molecule has 0 saturated heterocycles. The minimum atomic E-state index is -0.809. The Bertz CT molecular complexity index is 274. The van der Waals surface area contributed by atoms with E-state index in [0.717, 1.165) is 12.8 Å². The third-order valence-corrected chi connectivity index (χ3v) is 2.53. The van der Waals surface area contributed by atoms with Crippen molar-refractivity contribution in [1.29, 1.82) is 0 Å². The van der Waals surface area contributed by atoms with E-state index in [0.29, 0.717) is 6.42 Å². The largest absolute Gasteiger partial charge is 0.481 e. The molecule has 0 heterocycles. The van der Waals surface area contributed by atoms with E-state index in [1.807, 2.05) is 20.8 Å². The maximum atomic E-state index is 11.6. The van der Waals surface area contributed by atoms with Crippen molar-refractivity contribution in [3.63, 3.8) is 0 Å². The highest BCUT2D eigenvalue weighted by Crippen LogP contribution is 2.51. The summed E-state index contributed by atoms with van der Waals surface area (Å²) in [6, 6.07) is 0. The Hall–Kier alpha value is -1.06. The van der Waals surface area contributed by atoms with Gasteiger partial charge in [-0.2, -0.15) is 0 Å². The van der Waals surface area contributed by atoms with Gasteiger partial charge in [0.25, 0.3) is 0 Å². The van der Waals surface area contributed by atoms with E-state index in [2.05, 4.69) is 5.32 Å². The molecule has 0 spiro atoms. The molecule has 0 bridgehead atoms. The fraction of sp³-hybridized carbons (Fsp3) is 0.818. The van der Waals surface area contributed by atoms with Crippen LogP contribution in [0.15, 0.2) is 0 Å². The van der Waals surface area contributed by atoms with Gasteiger partial charge in [0.15, 0.2) is 0 Å². The van der Waals surface area contributed by atoms with Crippen LogP contribution in [0.2, 0.25) is 0 Å². The van der Waals surface area contributed by atoms with Gasteiger partial charge in [-0.25, -0.2) is 0 Å². The van der Waals surface area contributed by atoms with E-state index in [1.165, 1.54) is 0 Å². The fourth-order valence-electron chi connectivity index (χ4n) is 1.72. The number of aliphatic carboxylic acids is 1. The van der Waals surface area contributed by atoms with Crippen LogP contribution in [0.3, 0.4) is 0 Å². The third-order valence-electron chi connectivity index (χ3n) is 2.53. The molecule has 1 aliphatic carbocycles. The summed E-state index contributed by atoms with van der Waals surface area (Å²) in [7, 11) is 0. The summed E-state index contributed by atoms with van der Waals surface area (Å²) in [6.07, 6.45) is 2.18. The predicted octanol–water partition coefficient (Wildman–Crippen LogP) is 1.55. The monoisotopic (exact) mass is 213 g/mol. The Morgan fingerprint density at radius 1 is 1.27 bits per heavy atom. The minimum Gasteiger partial charge on any atom is -0.481 e. The minimum absolute atomic E-state index is 0.0405. The third kappa shape index (κ3) is 4.32. The van der Waals surface area contributed by atoms with Crippen molar-refractivity contribution in [2.45, 2.75) is 52.0 Å². The Morgan fingerprint density at radius 3 is 2.13 bits per heavy atom. The highest BCUT2D eigenvalue weighted by atomic mass is 16.4. The van der Waals surface area contributed by atoms with Gasteiger partial charge in [0.05, 0.1) is 6.42 Å². The number of hydrogen-bond donors (Lipinski definition) is 2. The van der Waals surface area contributed by atoms with E-state index in [9.17, 15) is 9.59 Å². The fourth-order valence-corrected chi connectivity index (χ4v) is 1.72. The predicted molar refractivity (Wildman–Crippen MR) is 56.4 cm³/mol. The van der Waals surface area contributed by atoms with Gasteiger partial charge < -0.3 is 10.4 Å². The summed E-state index contributed by atoms with van der Waals surface area (Å²) in [4.78, 5) is 22.2. The molecule has 4 nitrogen and oxygen atoms in total. The first-order valence-electron chi connectivity index (χ1n) is 5.25. The molecule has 0 atom stereocenters. The topological polar surface area (TPSA) is 66.4 Å². The second kappa shape index (κ2) is 3.83. The Labute approximate surface area is 90.0 Å². The Balaban J connectivity index is 2.41. The maximum Gasteiger partial charge on any atom is 0.303 e. The summed E-state index contributed by atoms with van der Waals surface area (Å²) in [6.45, 7) is 5.75. The highest BCUT2D eigenvalue weighted by Gasteiger charge is 2.46. The molecule has 1 saturated carbocycles. The molecular formula is C11H19NO3. The number of carbonyl (C=O) groups is 2. The number of hydrogen-bond acceptors (Lipinski definition) is 2.